The zero-order valence-electron chi connectivity index (χ0n) is 17.5. The van der Waals surface area contributed by atoms with Crippen LogP contribution in [0.5, 0.6) is 5.75 Å². The lowest BCUT2D eigenvalue weighted by Gasteiger charge is -2.10. The molecule has 0 saturated heterocycles. The molecule has 4 aromatic rings. The summed E-state index contributed by atoms with van der Waals surface area (Å²) >= 11 is 0. The maximum atomic E-state index is 14.3. The third-order valence-corrected chi connectivity index (χ3v) is 6.99. The minimum Gasteiger partial charge on any atom is -0.497 e. The molecule has 4 rings (SSSR count). The van der Waals surface area contributed by atoms with Crippen LogP contribution in [0.4, 0.5) is 8.78 Å². The van der Waals surface area contributed by atoms with Gasteiger partial charge in [-0.15, -0.1) is 0 Å². The lowest BCUT2D eigenvalue weighted by atomic mass is 10.1. The molecule has 0 bridgehead atoms. The summed E-state index contributed by atoms with van der Waals surface area (Å²) in [4.78, 5) is 10.9. The van der Waals surface area contributed by atoms with Crippen LogP contribution in [0.1, 0.15) is 12.0 Å². The number of aliphatic carboxylic acids is 1. The van der Waals surface area contributed by atoms with E-state index < -0.39 is 27.6 Å². The number of fused-ring (bicyclic) bond motifs is 1. The van der Waals surface area contributed by atoms with Gasteiger partial charge in [0.1, 0.15) is 5.75 Å². The number of methoxy groups -OCH3 is 1. The fourth-order valence-corrected chi connectivity index (χ4v) is 5.11. The fraction of sp³-hybridized carbons (Fsp3) is 0.125. The second-order valence-electron chi connectivity index (χ2n) is 7.36. The van der Waals surface area contributed by atoms with Crippen LogP contribution in [0.25, 0.3) is 22.0 Å². The molecule has 0 radical (unpaired) electrons. The molecule has 3 aromatic carbocycles. The minimum absolute atomic E-state index is 0.0590. The molecule has 0 amide bonds. The zero-order valence-corrected chi connectivity index (χ0v) is 18.3. The quantitative estimate of drug-likeness (QED) is 0.417. The summed E-state index contributed by atoms with van der Waals surface area (Å²) in [6, 6.07) is 14.1. The summed E-state index contributed by atoms with van der Waals surface area (Å²) in [6.07, 6.45) is 1.33. The van der Waals surface area contributed by atoms with Crippen LogP contribution in [0.15, 0.2) is 71.8 Å². The Morgan fingerprint density at radius 2 is 1.82 bits per heavy atom. The van der Waals surface area contributed by atoms with Crippen molar-refractivity contribution in [1.82, 2.24) is 3.97 Å². The first-order valence-corrected chi connectivity index (χ1v) is 11.4. The SMILES string of the molecule is COc1ccc2c(c1)c(CCC(=O)O)cn2S(=O)(=O)c1cccc(-c2cccc(F)c2F)c1. The van der Waals surface area contributed by atoms with Crippen molar-refractivity contribution in [3.8, 4) is 16.9 Å². The maximum absolute atomic E-state index is 14.3. The third kappa shape index (κ3) is 4.19. The monoisotopic (exact) mass is 471 g/mol. The lowest BCUT2D eigenvalue weighted by Crippen LogP contribution is -2.12. The average molecular weight is 471 g/mol. The van der Waals surface area contributed by atoms with Crippen molar-refractivity contribution in [2.75, 3.05) is 7.11 Å². The van der Waals surface area contributed by atoms with Gasteiger partial charge in [0.05, 0.1) is 17.5 Å². The number of aromatic nitrogens is 1. The number of benzene rings is 3. The van der Waals surface area contributed by atoms with E-state index in [1.54, 1.807) is 18.2 Å². The molecule has 9 heteroatoms. The maximum Gasteiger partial charge on any atom is 0.303 e. The topological polar surface area (TPSA) is 85.6 Å². The highest BCUT2D eigenvalue weighted by Crippen LogP contribution is 2.32. The van der Waals surface area contributed by atoms with E-state index in [1.165, 1.54) is 49.7 Å². The molecule has 1 heterocycles. The Kier molecular flexibility index (Phi) is 5.90. The smallest absolute Gasteiger partial charge is 0.303 e. The lowest BCUT2D eigenvalue weighted by molar-refractivity contribution is -0.136. The predicted molar refractivity (Wildman–Crippen MR) is 119 cm³/mol. The van der Waals surface area contributed by atoms with Gasteiger partial charge in [0.15, 0.2) is 11.6 Å². The highest BCUT2D eigenvalue weighted by atomic mass is 32.2. The Balaban J connectivity index is 1.86. The molecule has 0 aliphatic rings. The first-order chi connectivity index (χ1) is 15.7. The van der Waals surface area contributed by atoms with Crippen molar-refractivity contribution >= 4 is 26.9 Å². The molecule has 33 heavy (non-hydrogen) atoms. The molecular formula is C24H19F2NO5S. The van der Waals surface area contributed by atoms with Gasteiger partial charge in [-0.2, -0.15) is 0 Å². The van der Waals surface area contributed by atoms with E-state index in [1.807, 2.05) is 0 Å². The van der Waals surface area contributed by atoms with E-state index in [0.717, 1.165) is 10.0 Å². The average Bonchev–Trinajstić information content (AvgIpc) is 3.18. The van der Waals surface area contributed by atoms with Crippen molar-refractivity contribution in [1.29, 1.82) is 0 Å². The third-order valence-electron chi connectivity index (χ3n) is 5.32. The number of ether oxygens (including phenoxy) is 1. The van der Waals surface area contributed by atoms with Crippen molar-refractivity contribution in [3.05, 3.63) is 84.1 Å². The summed E-state index contributed by atoms with van der Waals surface area (Å²) in [5, 5.41) is 9.61. The van der Waals surface area contributed by atoms with Gasteiger partial charge in [-0.3, -0.25) is 4.79 Å². The van der Waals surface area contributed by atoms with Gasteiger partial charge in [-0.25, -0.2) is 21.2 Å². The van der Waals surface area contributed by atoms with Crippen molar-refractivity contribution in [2.45, 2.75) is 17.7 Å². The van der Waals surface area contributed by atoms with E-state index in [4.69, 9.17) is 9.84 Å². The molecule has 0 fully saturated rings. The molecule has 0 saturated carbocycles. The number of carbonyl (C=O) groups is 1. The number of hydrogen-bond donors (Lipinski definition) is 1. The van der Waals surface area contributed by atoms with Gasteiger partial charge in [-0.05, 0) is 53.9 Å². The van der Waals surface area contributed by atoms with E-state index in [0.29, 0.717) is 22.2 Å². The molecule has 0 spiro atoms. The van der Waals surface area contributed by atoms with E-state index >= 15 is 0 Å². The van der Waals surface area contributed by atoms with E-state index in [9.17, 15) is 22.0 Å². The van der Waals surface area contributed by atoms with Crippen LogP contribution in [-0.2, 0) is 21.2 Å². The van der Waals surface area contributed by atoms with Crippen molar-refractivity contribution < 1.29 is 31.8 Å². The number of rotatable bonds is 7. The van der Waals surface area contributed by atoms with Gasteiger partial charge in [0.2, 0.25) is 0 Å². The largest absolute Gasteiger partial charge is 0.497 e. The van der Waals surface area contributed by atoms with Gasteiger partial charge < -0.3 is 9.84 Å². The first kappa shape index (κ1) is 22.5. The molecule has 1 N–H and O–H groups in total. The summed E-state index contributed by atoms with van der Waals surface area (Å²) in [6.45, 7) is 0. The van der Waals surface area contributed by atoms with Crippen LogP contribution >= 0.6 is 0 Å². The summed E-state index contributed by atoms with van der Waals surface area (Å²) < 4.78 is 61.3. The van der Waals surface area contributed by atoms with Crippen molar-refractivity contribution in [2.24, 2.45) is 0 Å². The van der Waals surface area contributed by atoms with E-state index in [-0.39, 0.29) is 28.9 Å². The Morgan fingerprint density at radius 1 is 1.06 bits per heavy atom. The van der Waals surface area contributed by atoms with Gasteiger partial charge in [0.25, 0.3) is 10.0 Å². The second kappa shape index (κ2) is 8.67. The zero-order chi connectivity index (χ0) is 23.8. The number of hydrogen-bond acceptors (Lipinski definition) is 4. The first-order valence-electron chi connectivity index (χ1n) is 9.92. The summed E-state index contributed by atoms with van der Waals surface area (Å²) in [7, 11) is -2.67. The second-order valence-corrected chi connectivity index (χ2v) is 9.18. The molecule has 6 nitrogen and oxygen atoms in total. The molecule has 0 aliphatic heterocycles. The van der Waals surface area contributed by atoms with Crippen LogP contribution in [0, 0.1) is 11.6 Å². The van der Waals surface area contributed by atoms with E-state index in [2.05, 4.69) is 0 Å². The Hall–Kier alpha value is -3.72. The summed E-state index contributed by atoms with van der Waals surface area (Å²) in [5.74, 6) is -2.61. The molecule has 0 atom stereocenters. The fourth-order valence-electron chi connectivity index (χ4n) is 3.68. The van der Waals surface area contributed by atoms with Crippen molar-refractivity contribution in [3.63, 3.8) is 0 Å². The van der Waals surface area contributed by atoms with Gasteiger partial charge >= 0.3 is 5.97 Å². The van der Waals surface area contributed by atoms with Gasteiger partial charge in [0, 0.05) is 23.6 Å². The predicted octanol–water partition coefficient (Wildman–Crippen LogP) is 4.85. The molecule has 170 valence electrons. The minimum atomic E-state index is -4.14. The van der Waals surface area contributed by atoms with Crippen LogP contribution in [-0.4, -0.2) is 30.6 Å². The van der Waals surface area contributed by atoms with Gasteiger partial charge in [-0.1, -0.05) is 24.3 Å². The normalized spacial score (nSPS) is 11.6. The number of carboxylic acid groups (broad SMARTS) is 1. The molecule has 1 aromatic heterocycles. The number of halogens is 2. The standard InChI is InChI=1S/C24H19F2NO5S/c1-32-17-9-10-22-20(13-17)16(8-11-23(28)29)14-27(22)33(30,31)18-5-2-4-15(12-18)19-6-3-7-21(25)24(19)26/h2-7,9-10,12-14H,8,11H2,1H3,(H,28,29). The molecule has 0 aliphatic carbocycles. The molecule has 0 unspecified atom stereocenters. The summed E-state index contributed by atoms with van der Waals surface area (Å²) in [5.41, 5.74) is 1.02. The number of nitrogens with zero attached hydrogens (tertiary/aromatic N) is 1. The Labute approximate surface area is 188 Å². The van der Waals surface area contributed by atoms with Crippen LogP contribution < -0.4 is 4.74 Å². The Morgan fingerprint density at radius 3 is 2.55 bits per heavy atom. The number of carboxylic acids is 1. The highest BCUT2D eigenvalue weighted by molar-refractivity contribution is 7.90. The van der Waals surface area contributed by atoms with Crippen LogP contribution in [0.2, 0.25) is 0 Å². The highest BCUT2D eigenvalue weighted by Gasteiger charge is 2.23. The van der Waals surface area contributed by atoms with Crippen LogP contribution in [0.3, 0.4) is 0 Å². The molecular weight excluding hydrogens is 452 g/mol. The Bertz CT molecular complexity index is 1480. The number of aryl methyl sites for hydroxylation is 1.